The number of carbonyl (C=O) groups is 3. The van der Waals surface area contributed by atoms with E-state index >= 15 is 0 Å². The summed E-state index contributed by atoms with van der Waals surface area (Å²) < 4.78 is 0. The molecule has 0 unspecified atom stereocenters. The molecule has 6 nitrogen and oxygen atoms in total. The summed E-state index contributed by atoms with van der Waals surface area (Å²) in [4.78, 5) is 39.6. The molecule has 0 saturated heterocycles. The third-order valence-electron chi connectivity index (χ3n) is 3.72. The summed E-state index contributed by atoms with van der Waals surface area (Å²) in [5.41, 5.74) is 1.70. The highest BCUT2D eigenvalue weighted by molar-refractivity contribution is 6.05. The Labute approximate surface area is 139 Å². The first-order valence-corrected chi connectivity index (χ1v) is 7.72. The molecule has 2 N–H and O–H groups in total. The Kier molecular flexibility index (Phi) is 4.37. The number of hydrogen-bond donors (Lipinski definition) is 2. The normalized spacial score (nSPS) is 13.2. The maximum absolute atomic E-state index is 12.3. The van der Waals surface area contributed by atoms with Crippen LogP contribution in [0.3, 0.4) is 0 Å². The summed E-state index contributed by atoms with van der Waals surface area (Å²) in [5, 5.41) is 5.57. The zero-order chi connectivity index (χ0) is 17.1. The van der Waals surface area contributed by atoms with Crippen LogP contribution in [0.4, 0.5) is 5.69 Å². The van der Waals surface area contributed by atoms with Crippen LogP contribution < -0.4 is 10.6 Å². The molecule has 1 aromatic carbocycles. The van der Waals surface area contributed by atoms with Crippen molar-refractivity contribution in [3.63, 3.8) is 0 Å². The number of Topliss-reactive ketones (excluding diaryl/α,β-unsaturated/α-hetero) is 1. The first kappa shape index (κ1) is 15.9. The van der Waals surface area contributed by atoms with Crippen molar-refractivity contribution < 1.29 is 14.4 Å². The maximum atomic E-state index is 12.3. The van der Waals surface area contributed by atoms with Gasteiger partial charge in [-0.15, -0.1) is 0 Å². The third-order valence-corrected chi connectivity index (χ3v) is 3.72. The van der Waals surface area contributed by atoms with Gasteiger partial charge in [-0.3, -0.25) is 19.4 Å². The number of anilines is 1. The molecule has 2 aromatic rings. The topological polar surface area (TPSA) is 88.2 Å². The van der Waals surface area contributed by atoms with Gasteiger partial charge in [-0.1, -0.05) is 0 Å². The van der Waals surface area contributed by atoms with Crippen molar-refractivity contribution in [2.75, 3.05) is 5.32 Å². The van der Waals surface area contributed by atoms with Crippen molar-refractivity contribution in [2.24, 2.45) is 0 Å². The molecule has 0 radical (unpaired) electrons. The van der Waals surface area contributed by atoms with Crippen LogP contribution in [0, 0.1) is 0 Å². The van der Waals surface area contributed by atoms with Gasteiger partial charge in [-0.2, -0.15) is 0 Å². The minimum absolute atomic E-state index is 0.0380. The van der Waals surface area contributed by atoms with Crippen LogP contribution in [-0.4, -0.2) is 28.6 Å². The molecule has 3 rings (SSSR count). The van der Waals surface area contributed by atoms with E-state index in [0.29, 0.717) is 16.8 Å². The second kappa shape index (κ2) is 6.62. The second-order valence-electron chi connectivity index (χ2n) is 5.77. The lowest BCUT2D eigenvalue weighted by molar-refractivity contribution is 0.0950. The monoisotopic (exact) mass is 323 g/mol. The van der Waals surface area contributed by atoms with Crippen molar-refractivity contribution in [1.82, 2.24) is 10.3 Å². The lowest BCUT2D eigenvalue weighted by atomic mass is 10.1. The minimum atomic E-state index is -0.411. The molecular weight excluding hydrogens is 306 g/mol. The van der Waals surface area contributed by atoms with Crippen LogP contribution in [0.5, 0.6) is 0 Å². The molecule has 0 atom stereocenters. The van der Waals surface area contributed by atoms with E-state index in [4.69, 9.17) is 0 Å². The molecule has 1 fully saturated rings. The van der Waals surface area contributed by atoms with Crippen molar-refractivity contribution in [3.05, 3.63) is 59.4 Å². The number of rotatable bonds is 5. The van der Waals surface area contributed by atoms with Crippen molar-refractivity contribution >= 4 is 23.3 Å². The number of nitrogens with zero attached hydrogens (tertiary/aromatic N) is 1. The van der Waals surface area contributed by atoms with Crippen molar-refractivity contribution in [3.8, 4) is 0 Å². The Hall–Kier alpha value is -3.02. The van der Waals surface area contributed by atoms with Crippen molar-refractivity contribution in [2.45, 2.75) is 25.8 Å². The van der Waals surface area contributed by atoms with E-state index in [2.05, 4.69) is 15.6 Å². The van der Waals surface area contributed by atoms with Crippen molar-refractivity contribution in [1.29, 1.82) is 0 Å². The molecule has 2 amide bonds. The number of aromatic nitrogens is 1. The van der Waals surface area contributed by atoms with Gasteiger partial charge in [0.1, 0.15) is 5.69 Å². The van der Waals surface area contributed by atoms with E-state index in [-0.39, 0.29) is 23.4 Å². The van der Waals surface area contributed by atoms with Crippen LogP contribution in [0.1, 0.15) is 51.0 Å². The van der Waals surface area contributed by atoms with Crippen LogP contribution >= 0.6 is 0 Å². The second-order valence-corrected chi connectivity index (χ2v) is 5.77. The van der Waals surface area contributed by atoms with Gasteiger partial charge in [-0.25, -0.2) is 0 Å². The highest BCUT2D eigenvalue weighted by Crippen LogP contribution is 2.19. The first-order valence-electron chi connectivity index (χ1n) is 7.72. The lowest BCUT2D eigenvalue weighted by Crippen LogP contribution is -2.26. The van der Waals surface area contributed by atoms with E-state index < -0.39 is 5.91 Å². The Bertz CT molecular complexity index is 795. The van der Waals surface area contributed by atoms with Gasteiger partial charge < -0.3 is 10.6 Å². The summed E-state index contributed by atoms with van der Waals surface area (Å²) in [6.07, 6.45) is 3.44. The fourth-order valence-corrected chi connectivity index (χ4v) is 2.18. The summed E-state index contributed by atoms with van der Waals surface area (Å²) in [5.74, 6) is -0.643. The van der Waals surface area contributed by atoms with Crippen LogP contribution in [0.15, 0.2) is 42.6 Å². The summed E-state index contributed by atoms with van der Waals surface area (Å²) in [6, 6.07) is 9.89. The van der Waals surface area contributed by atoms with E-state index in [1.807, 2.05) is 0 Å². The average Bonchev–Trinajstić information content (AvgIpc) is 3.39. The molecule has 0 bridgehead atoms. The fraction of sp³-hybridized carbons (Fsp3) is 0.222. The van der Waals surface area contributed by atoms with Gasteiger partial charge in [0, 0.05) is 29.1 Å². The molecule has 1 aromatic heterocycles. The van der Waals surface area contributed by atoms with Gasteiger partial charge >= 0.3 is 0 Å². The molecule has 0 spiro atoms. The minimum Gasteiger partial charge on any atom is -0.349 e. The van der Waals surface area contributed by atoms with Crippen LogP contribution in [-0.2, 0) is 0 Å². The maximum Gasteiger partial charge on any atom is 0.274 e. The summed E-state index contributed by atoms with van der Waals surface area (Å²) >= 11 is 0. The first-order chi connectivity index (χ1) is 11.5. The lowest BCUT2D eigenvalue weighted by Gasteiger charge is -2.07. The number of amides is 2. The van der Waals surface area contributed by atoms with Crippen LogP contribution in [0.25, 0.3) is 0 Å². The molecule has 24 heavy (non-hydrogen) atoms. The molecule has 1 aliphatic rings. The van der Waals surface area contributed by atoms with Gasteiger partial charge in [0.15, 0.2) is 5.78 Å². The fourth-order valence-electron chi connectivity index (χ4n) is 2.18. The quantitative estimate of drug-likeness (QED) is 0.827. The van der Waals surface area contributed by atoms with E-state index in [1.54, 1.807) is 30.3 Å². The van der Waals surface area contributed by atoms with Gasteiger partial charge in [0.2, 0.25) is 0 Å². The summed E-state index contributed by atoms with van der Waals surface area (Å²) in [7, 11) is 0. The molecule has 1 aliphatic carbocycles. The number of hydrogen-bond acceptors (Lipinski definition) is 4. The summed E-state index contributed by atoms with van der Waals surface area (Å²) in [6.45, 7) is 1.48. The Balaban J connectivity index is 1.70. The highest BCUT2D eigenvalue weighted by Gasteiger charge is 2.24. The van der Waals surface area contributed by atoms with Gasteiger partial charge in [-0.05, 0) is 56.2 Å². The van der Waals surface area contributed by atoms with Gasteiger partial charge in [0.05, 0.1) is 0 Å². The van der Waals surface area contributed by atoms with Gasteiger partial charge in [0.25, 0.3) is 11.8 Å². The van der Waals surface area contributed by atoms with E-state index in [0.717, 1.165) is 12.8 Å². The molecule has 1 saturated carbocycles. The SMILES string of the molecule is CC(=O)c1ccc(NC(=O)c2cc(C(=O)NC3CC3)ccn2)cc1. The predicted octanol–water partition coefficient (Wildman–Crippen LogP) is 2.43. The largest absolute Gasteiger partial charge is 0.349 e. The Morgan fingerprint density at radius 3 is 2.33 bits per heavy atom. The number of pyridine rings is 1. The molecule has 1 heterocycles. The Morgan fingerprint density at radius 2 is 1.71 bits per heavy atom. The number of benzene rings is 1. The zero-order valence-corrected chi connectivity index (χ0v) is 13.2. The number of nitrogens with one attached hydrogen (secondary N) is 2. The standard InChI is InChI=1S/C18H17N3O3/c1-11(22)12-2-4-14(5-3-12)21-18(24)16-10-13(8-9-19-16)17(23)20-15-6-7-15/h2-5,8-10,15H,6-7H2,1H3,(H,20,23)(H,21,24). The van der Waals surface area contributed by atoms with E-state index in [9.17, 15) is 14.4 Å². The molecule has 0 aliphatic heterocycles. The zero-order valence-electron chi connectivity index (χ0n) is 13.2. The third kappa shape index (κ3) is 3.84. The van der Waals surface area contributed by atoms with E-state index in [1.165, 1.54) is 19.2 Å². The molecule has 122 valence electrons. The number of carbonyl (C=O) groups excluding carboxylic acids is 3. The Morgan fingerprint density at radius 1 is 1.00 bits per heavy atom. The molecule has 6 heteroatoms. The molecular formula is C18H17N3O3. The average molecular weight is 323 g/mol. The predicted molar refractivity (Wildman–Crippen MR) is 89.1 cm³/mol. The highest BCUT2D eigenvalue weighted by atomic mass is 16.2. The smallest absolute Gasteiger partial charge is 0.274 e. The van der Waals surface area contributed by atoms with Crippen LogP contribution in [0.2, 0.25) is 0 Å². The number of ketones is 1.